The van der Waals surface area contributed by atoms with E-state index in [-0.39, 0.29) is 24.0 Å². The van der Waals surface area contributed by atoms with Crippen molar-refractivity contribution in [1.29, 1.82) is 0 Å². The lowest BCUT2D eigenvalue weighted by atomic mass is 10.0. The van der Waals surface area contributed by atoms with Gasteiger partial charge in [0.15, 0.2) is 0 Å². The number of ether oxygens (including phenoxy) is 1. The molecule has 0 saturated carbocycles. The van der Waals surface area contributed by atoms with E-state index >= 15 is 0 Å². The SMILES string of the molecule is COCc1cc(NC(=O)C(NC(=O)c2cccs2)C(C)C)cc(C(=O)O)c1. The number of hydrogen-bond acceptors (Lipinski definition) is 5. The molecule has 1 aromatic heterocycles. The van der Waals surface area contributed by atoms with Crippen molar-refractivity contribution >= 4 is 34.8 Å². The Morgan fingerprint density at radius 3 is 2.52 bits per heavy atom. The molecule has 0 saturated heterocycles. The van der Waals surface area contributed by atoms with E-state index in [0.717, 1.165) is 0 Å². The molecule has 1 unspecified atom stereocenters. The van der Waals surface area contributed by atoms with Gasteiger partial charge in [-0.2, -0.15) is 0 Å². The zero-order valence-corrected chi connectivity index (χ0v) is 16.1. The predicted octanol–water partition coefficient (Wildman–Crippen LogP) is 2.99. The minimum Gasteiger partial charge on any atom is -0.478 e. The van der Waals surface area contributed by atoms with Gasteiger partial charge in [-0.05, 0) is 41.1 Å². The summed E-state index contributed by atoms with van der Waals surface area (Å²) in [5, 5.41) is 16.5. The first-order valence-electron chi connectivity index (χ1n) is 8.33. The van der Waals surface area contributed by atoms with E-state index in [2.05, 4.69) is 10.6 Å². The number of amides is 2. The topological polar surface area (TPSA) is 105 Å². The predicted molar refractivity (Wildman–Crippen MR) is 103 cm³/mol. The third kappa shape index (κ3) is 5.63. The fourth-order valence-corrected chi connectivity index (χ4v) is 3.14. The number of aromatic carboxylic acids is 1. The molecule has 2 amide bonds. The summed E-state index contributed by atoms with van der Waals surface area (Å²) in [5.74, 6) is -2.00. The molecule has 0 spiro atoms. The van der Waals surface area contributed by atoms with Crippen LogP contribution in [-0.4, -0.2) is 36.0 Å². The number of carboxylic acids is 1. The highest BCUT2D eigenvalue weighted by Gasteiger charge is 2.25. The van der Waals surface area contributed by atoms with Gasteiger partial charge in [0.25, 0.3) is 5.91 Å². The summed E-state index contributed by atoms with van der Waals surface area (Å²) < 4.78 is 5.04. The summed E-state index contributed by atoms with van der Waals surface area (Å²) in [6, 6.07) is 7.19. The van der Waals surface area contributed by atoms with E-state index < -0.39 is 17.9 Å². The Hall–Kier alpha value is -2.71. The monoisotopic (exact) mass is 390 g/mol. The number of hydrogen-bond donors (Lipinski definition) is 3. The summed E-state index contributed by atoms with van der Waals surface area (Å²) in [5.41, 5.74) is 1.00. The number of carbonyl (C=O) groups is 3. The molecular formula is C19H22N2O5S. The summed E-state index contributed by atoms with van der Waals surface area (Å²) in [7, 11) is 1.50. The van der Waals surface area contributed by atoms with E-state index in [0.29, 0.717) is 16.1 Å². The highest BCUT2D eigenvalue weighted by Crippen LogP contribution is 2.18. The molecule has 0 aliphatic heterocycles. The Kier molecular flexibility index (Phi) is 7.09. The summed E-state index contributed by atoms with van der Waals surface area (Å²) in [6.45, 7) is 3.86. The second kappa shape index (κ2) is 9.29. The molecule has 7 nitrogen and oxygen atoms in total. The highest BCUT2D eigenvalue weighted by molar-refractivity contribution is 7.12. The van der Waals surface area contributed by atoms with Crippen molar-refractivity contribution in [1.82, 2.24) is 5.32 Å². The highest BCUT2D eigenvalue weighted by atomic mass is 32.1. The van der Waals surface area contributed by atoms with Crippen molar-refractivity contribution < 1.29 is 24.2 Å². The molecule has 2 aromatic rings. The molecular weight excluding hydrogens is 368 g/mol. The van der Waals surface area contributed by atoms with Crippen molar-refractivity contribution in [2.24, 2.45) is 5.92 Å². The zero-order valence-electron chi connectivity index (χ0n) is 15.3. The molecule has 27 heavy (non-hydrogen) atoms. The van der Waals surface area contributed by atoms with Gasteiger partial charge in [-0.25, -0.2) is 4.79 Å². The number of carbonyl (C=O) groups excluding carboxylic acids is 2. The van der Waals surface area contributed by atoms with Crippen LogP contribution in [0, 0.1) is 5.92 Å². The van der Waals surface area contributed by atoms with Crippen LogP contribution in [0.5, 0.6) is 0 Å². The van der Waals surface area contributed by atoms with Crippen LogP contribution < -0.4 is 10.6 Å². The molecule has 1 aromatic carbocycles. The van der Waals surface area contributed by atoms with Crippen molar-refractivity contribution in [2.45, 2.75) is 26.5 Å². The van der Waals surface area contributed by atoms with Gasteiger partial charge in [0.2, 0.25) is 5.91 Å². The Balaban J connectivity index is 2.19. The third-order valence-electron chi connectivity index (χ3n) is 3.80. The zero-order chi connectivity index (χ0) is 20.0. The van der Waals surface area contributed by atoms with Crippen LogP contribution in [0.2, 0.25) is 0 Å². The molecule has 8 heteroatoms. The lowest BCUT2D eigenvalue weighted by molar-refractivity contribution is -0.118. The number of thiophene rings is 1. The van der Waals surface area contributed by atoms with Gasteiger partial charge < -0.3 is 20.5 Å². The van der Waals surface area contributed by atoms with Gasteiger partial charge in [-0.3, -0.25) is 9.59 Å². The van der Waals surface area contributed by atoms with E-state index in [1.165, 1.54) is 30.6 Å². The van der Waals surface area contributed by atoms with E-state index in [1.54, 1.807) is 23.6 Å². The Labute approximate surface area is 161 Å². The lowest BCUT2D eigenvalue weighted by Gasteiger charge is -2.21. The van der Waals surface area contributed by atoms with Crippen LogP contribution in [-0.2, 0) is 16.1 Å². The van der Waals surface area contributed by atoms with E-state index in [9.17, 15) is 19.5 Å². The maximum absolute atomic E-state index is 12.7. The fourth-order valence-electron chi connectivity index (χ4n) is 2.51. The molecule has 0 aliphatic carbocycles. The molecule has 0 fully saturated rings. The first-order chi connectivity index (χ1) is 12.8. The van der Waals surface area contributed by atoms with E-state index in [1.807, 2.05) is 13.8 Å². The lowest BCUT2D eigenvalue weighted by Crippen LogP contribution is -2.47. The molecule has 1 heterocycles. The number of nitrogens with one attached hydrogen (secondary N) is 2. The number of carboxylic acid groups (broad SMARTS) is 1. The second-order valence-electron chi connectivity index (χ2n) is 6.32. The van der Waals surface area contributed by atoms with Gasteiger partial charge in [0.1, 0.15) is 6.04 Å². The number of methoxy groups -OCH3 is 1. The second-order valence-corrected chi connectivity index (χ2v) is 7.27. The van der Waals surface area contributed by atoms with Gasteiger partial charge in [-0.1, -0.05) is 19.9 Å². The van der Waals surface area contributed by atoms with Crippen molar-refractivity contribution in [3.05, 3.63) is 51.7 Å². The summed E-state index contributed by atoms with van der Waals surface area (Å²) >= 11 is 1.29. The Morgan fingerprint density at radius 1 is 1.22 bits per heavy atom. The summed E-state index contributed by atoms with van der Waals surface area (Å²) in [6.07, 6.45) is 0. The first kappa shape index (κ1) is 20.6. The number of benzene rings is 1. The molecule has 3 N–H and O–H groups in total. The van der Waals surface area contributed by atoms with Gasteiger partial charge in [-0.15, -0.1) is 11.3 Å². The van der Waals surface area contributed by atoms with Crippen molar-refractivity contribution in [2.75, 3.05) is 12.4 Å². The minimum absolute atomic E-state index is 0.0450. The van der Waals surface area contributed by atoms with Gasteiger partial charge >= 0.3 is 5.97 Å². The molecule has 1 atom stereocenters. The van der Waals surface area contributed by atoms with Crippen LogP contribution in [0.1, 0.15) is 39.4 Å². The van der Waals surface area contributed by atoms with E-state index in [4.69, 9.17) is 4.74 Å². The van der Waals surface area contributed by atoms with Crippen LogP contribution in [0.15, 0.2) is 35.7 Å². The van der Waals surface area contributed by atoms with Gasteiger partial charge in [0, 0.05) is 12.8 Å². The maximum atomic E-state index is 12.7. The molecule has 0 aliphatic rings. The number of anilines is 1. The quantitative estimate of drug-likeness (QED) is 0.643. The summed E-state index contributed by atoms with van der Waals surface area (Å²) in [4.78, 5) is 36.8. The van der Waals surface area contributed by atoms with Crippen molar-refractivity contribution in [3.8, 4) is 0 Å². The molecule has 0 bridgehead atoms. The van der Waals surface area contributed by atoms with Crippen LogP contribution in [0.3, 0.4) is 0 Å². The smallest absolute Gasteiger partial charge is 0.335 e. The van der Waals surface area contributed by atoms with Crippen LogP contribution in [0.25, 0.3) is 0 Å². The minimum atomic E-state index is -1.10. The molecule has 2 rings (SSSR count). The third-order valence-corrected chi connectivity index (χ3v) is 4.67. The van der Waals surface area contributed by atoms with Crippen LogP contribution >= 0.6 is 11.3 Å². The average Bonchev–Trinajstić information content (AvgIpc) is 3.13. The largest absolute Gasteiger partial charge is 0.478 e. The first-order valence-corrected chi connectivity index (χ1v) is 9.21. The van der Waals surface area contributed by atoms with Gasteiger partial charge in [0.05, 0.1) is 17.0 Å². The standard InChI is InChI=1S/C19H22N2O5S/c1-11(2)16(21-17(22)15-5-4-6-27-15)18(23)20-14-8-12(10-26-3)7-13(9-14)19(24)25/h4-9,11,16H,10H2,1-3H3,(H,20,23)(H,21,22)(H,24,25). The normalized spacial score (nSPS) is 11.9. The molecule has 144 valence electrons. The van der Waals surface area contributed by atoms with Crippen molar-refractivity contribution in [3.63, 3.8) is 0 Å². The fraction of sp³-hybridized carbons (Fsp3) is 0.316. The van der Waals surface area contributed by atoms with Crippen LogP contribution in [0.4, 0.5) is 5.69 Å². The Bertz CT molecular complexity index is 818. The molecule has 0 radical (unpaired) electrons. The Morgan fingerprint density at radius 2 is 1.96 bits per heavy atom. The number of rotatable bonds is 8. The average molecular weight is 390 g/mol. The maximum Gasteiger partial charge on any atom is 0.335 e.